The molecule has 2 N–H and O–H groups in total. The molecule has 0 aliphatic heterocycles. The second-order valence-corrected chi connectivity index (χ2v) is 6.16. The predicted octanol–water partition coefficient (Wildman–Crippen LogP) is 3.03. The van der Waals surface area contributed by atoms with Crippen LogP contribution in [0.2, 0.25) is 0 Å². The van der Waals surface area contributed by atoms with E-state index in [4.69, 9.17) is 0 Å². The molecule has 2 unspecified atom stereocenters. The van der Waals surface area contributed by atoms with Crippen molar-refractivity contribution in [2.45, 2.75) is 45.6 Å². The highest BCUT2D eigenvalue weighted by atomic mass is 32.1. The highest BCUT2D eigenvalue weighted by Crippen LogP contribution is 2.34. The van der Waals surface area contributed by atoms with Gasteiger partial charge in [-0.15, -0.1) is 11.3 Å². The summed E-state index contributed by atoms with van der Waals surface area (Å²) in [5, 5.41) is 9.02. The Bertz CT molecular complexity index is 386. The monoisotopic (exact) mass is 279 g/mol. The van der Waals surface area contributed by atoms with Crippen molar-refractivity contribution in [2.24, 2.45) is 10.9 Å². The number of thiophene rings is 1. The molecule has 0 aromatic carbocycles. The maximum atomic E-state index is 4.66. The van der Waals surface area contributed by atoms with Crippen molar-refractivity contribution < 1.29 is 0 Å². The van der Waals surface area contributed by atoms with Gasteiger partial charge in [0, 0.05) is 30.4 Å². The van der Waals surface area contributed by atoms with Gasteiger partial charge in [0.25, 0.3) is 0 Å². The van der Waals surface area contributed by atoms with Crippen LogP contribution in [0.1, 0.15) is 38.0 Å². The first-order valence-corrected chi connectivity index (χ1v) is 8.28. The minimum Gasteiger partial charge on any atom is -0.357 e. The molecule has 0 radical (unpaired) electrons. The van der Waals surface area contributed by atoms with Gasteiger partial charge in [0.15, 0.2) is 5.96 Å². The van der Waals surface area contributed by atoms with Crippen molar-refractivity contribution in [3.63, 3.8) is 0 Å². The van der Waals surface area contributed by atoms with Gasteiger partial charge in [0.1, 0.15) is 0 Å². The maximum Gasteiger partial charge on any atom is 0.191 e. The molecule has 1 saturated carbocycles. The Hall–Kier alpha value is -1.03. The Morgan fingerprint density at radius 2 is 2.37 bits per heavy atom. The number of rotatable bonds is 7. The van der Waals surface area contributed by atoms with E-state index in [1.165, 1.54) is 24.1 Å². The Morgan fingerprint density at radius 3 is 3.05 bits per heavy atom. The molecule has 0 bridgehead atoms. The number of nitrogens with one attached hydrogen (secondary N) is 2. The molecule has 19 heavy (non-hydrogen) atoms. The third-order valence-electron chi connectivity index (χ3n) is 3.46. The van der Waals surface area contributed by atoms with Crippen molar-refractivity contribution in [2.75, 3.05) is 13.1 Å². The molecule has 2 rings (SSSR count). The van der Waals surface area contributed by atoms with Crippen LogP contribution in [-0.4, -0.2) is 25.1 Å². The van der Waals surface area contributed by atoms with Crippen LogP contribution in [0, 0.1) is 5.92 Å². The summed E-state index contributed by atoms with van der Waals surface area (Å²) in [6, 6.07) is 4.94. The van der Waals surface area contributed by atoms with Crippen molar-refractivity contribution in [1.29, 1.82) is 0 Å². The van der Waals surface area contributed by atoms with Crippen molar-refractivity contribution >= 4 is 17.3 Å². The Labute approximate surface area is 120 Å². The Balaban J connectivity index is 1.75. The Morgan fingerprint density at radius 1 is 1.47 bits per heavy atom. The van der Waals surface area contributed by atoms with Crippen LogP contribution in [0.4, 0.5) is 0 Å². The zero-order valence-corrected chi connectivity index (χ0v) is 12.8. The average Bonchev–Trinajstić information content (AvgIpc) is 2.91. The maximum absolute atomic E-state index is 4.66. The number of nitrogens with zero attached hydrogens (tertiary/aromatic N) is 1. The standard InChI is InChI=1S/C15H25N3S/c1-3-6-12-11-14(12)18-15(16-4-2)17-9-8-13-7-5-10-19-13/h5,7,10,12,14H,3-4,6,8-9,11H2,1-2H3,(H2,16,17,18). The smallest absolute Gasteiger partial charge is 0.191 e. The molecule has 1 aromatic heterocycles. The van der Waals surface area contributed by atoms with E-state index in [9.17, 15) is 0 Å². The van der Waals surface area contributed by atoms with Crippen LogP contribution in [0.3, 0.4) is 0 Å². The minimum absolute atomic E-state index is 0.652. The van der Waals surface area contributed by atoms with Gasteiger partial charge in [0.05, 0.1) is 0 Å². The molecule has 0 amide bonds. The highest BCUT2D eigenvalue weighted by Gasteiger charge is 2.36. The second kappa shape index (κ2) is 7.53. The minimum atomic E-state index is 0.652. The van der Waals surface area contributed by atoms with Gasteiger partial charge in [-0.25, -0.2) is 0 Å². The van der Waals surface area contributed by atoms with Crippen LogP contribution < -0.4 is 10.6 Å². The number of hydrogen-bond donors (Lipinski definition) is 2. The van der Waals surface area contributed by atoms with Gasteiger partial charge in [0.2, 0.25) is 0 Å². The molecule has 0 saturated heterocycles. The van der Waals surface area contributed by atoms with Gasteiger partial charge in [-0.1, -0.05) is 19.4 Å². The summed E-state index contributed by atoms with van der Waals surface area (Å²) in [7, 11) is 0. The van der Waals surface area contributed by atoms with E-state index in [1.54, 1.807) is 0 Å². The lowest BCUT2D eigenvalue weighted by atomic mass is 10.2. The summed E-state index contributed by atoms with van der Waals surface area (Å²) in [6.07, 6.45) is 4.97. The molecule has 1 aliphatic carbocycles. The molecule has 0 spiro atoms. The fraction of sp³-hybridized carbons (Fsp3) is 0.667. The normalized spacial score (nSPS) is 22.3. The fourth-order valence-electron chi connectivity index (χ4n) is 2.34. The first-order valence-electron chi connectivity index (χ1n) is 7.40. The first kappa shape index (κ1) is 14.4. The Kier molecular flexibility index (Phi) is 5.70. The third-order valence-corrected chi connectivity index (χ3v) is 4.39. The lowest BCUT2D eigenvalue weighted by Crippen LogP contribution is -2.39. The molecule has 4 heteroatoms. The van der Waals surface area contributed by atoms with Crippen LogP contribution in [0.5, 0.6) is 0 Å². The van der Waals surface area contributed by atoms with Gasteiger partial charge in [-0.05, 0) is 37.1 Å². The highest BCUT2D eigenvalue weighted by molar-refractivity contribution is 7.09. The summed E-state index contributed by atoms with van der Waals surface area (Å²) in [6.45, 7) is 6.17. The molecule has 1 heterocycles. The zero-order valence-electron chi connectivity index (χ0n) is 12.0. The predicted molar refractivity (Wildman–Crippen MR) is 83.9 cm³/mol. The van der Waals surface area contributed by atoms with Crippen LogP contribution >= 0.6 is 11.3 Å². The van der Waals surface area contributed by atoms with Crippen molar-refractivity contribution in [3.05, 3.63) is 22.4 Å². The molecular formula is C15H25N3S. The molecule has 106 valence electrons. The third kappa shape index (κ3) is 4.86. The van der Waals surface area contributed by atoms with E-state index in [0.717, 1.165) is 31.4 Å². The van der Waals surface area contributed by atoms with Gasteiger partial charge in [-0.3, -0.25) is 4.99 Å². The van der Waals surface area contributed by atoms with Gasteiger partial charge >= 0.3 is 0 Å². The van der Waals surface area contributed by atoms with E-state index < -0.39 is 0 Å². The molecule has 3 nitrogen and oxygen atoms in total. The van der Waals surface area contributed by atoms with Crippen LogP contribution in [0.25, 0.3) is 0 Å². The molecule has 1 aliphatic rings. The SMILES string of the molecule is CCCC1CC1NC(=NCCc1cccs1)NCC. The summed E-state index contributed by atoms with van der Waals surface area (Å²) >= 11 is 1.81. The topological polar surface area (TPSA) is 36.4 Å². The molecule has 2 atom stereocenters. The largest absolute Gasteiger partial charge is 0.357 e. The number of hydrogen-bond acceptors (Lipinski definition) is 2. The summed E-state index contributed by atoms with van der Waals surface area (Å²) in [5.41, 5.74) is 0. The number of guanidine groups is 1. The van der Waals surface area contributed by atoms with E-state index in [1.807, 2.05) is 11.3 Å². The van der Waals surface area contributed by atoms with Crippen molar-refractivity contribution in [1.82, 2.24) is 10.6 Å². The van der Waals surface area contributed by atoms with Gasteiger partial charge in [-0.2, -0.15) is 0 Å². The quantitative estimate of drug-likeness (QED) is 0.594. The average molecular weight is 279 g/mol. The van der Waals surface area contributed by atoms with Crippen LogP contribution in [-0.2, 0) is 6.42 Å². The summed E-state index contributed by atoms with van der Waals surface area (Å²) < 4.78 is 0. The first-order chi connectivity index (χ1) is 9.33. The van der Waals surface area contributed by atoms with E-state index in [0.29, 0.717) is 6.04 Å². The molecular weight excluding hydrogens is 254 g/mol. The zero-order chi connectivity index (χ0) is 13.5. The lowest BCUT2D eigenvalue weighted by Gasteiger charge is -2.10. The number of aliphatic imine (C=N–C) groups is 1. The van der Waals surface area contributed by atoms with Crippen LogP contribution in [0.15, 0.2) is 22.5 Å². The fourth-order valence-corrected chi connectivity index (χ4v) is 3.04. The van der Waals surface area contributed by atoms with E-state index in [2.05, 4.69) is 47.0 Å². The van der Waals surface area contributed by atoms with Crippen molar-refractivity contribution in [3.8, 4) is 0 Å². The molecule has 1 aromatic rings. The summed E-state index contributed by atoms with van der Waals surface area (Å²) in [5.74, 6) is 1.86. The lowest BCUT2D eigenvalue weighted by molar-refractivity contribution is 0.655. The molecule has 1 fully saturated rings. The van der Waals surface area contributed by atoms with Gasteiger partial charge < -0.3 is 10.6 Å². The summed E-state index contributed by atoms with van der Waals surface area (Å²) in [4.78, 5) is 6.08. The van der Waals surface area contributed by atoms with E-state index in [-0.39, 0.29) is 0 Å². The van der Waals surface area contributed by atoms with E-state index >= 15 is 0 Å². The second-order valence-electron chi connectivity index (χ2n) is 5.13.